The van der Waals surface area contributed by atoms with E-state index in [0.717, 1.165) is 6.42 Å². The first-order valence-corrected chi connectivity index (χ1v) is 7.83. The molecule has 0 saturated carbocycles. The van der Waals surface area contributed by atoms with E-state index in [1.54, 1.807) is 18.2 Å². The van der Waals surface area contributed by atoms with E-state index in [0.29, 0.717) is 22.3 Å². The van der Waals surface area contributed by atoms with Gasteiger partial charge < -0.3 is 4.42 Å². The molecule has 0 saturated heterocycles. The van der Waals surface area contributed by atoms with Gasteiger partial charge in [-0.05, 0) is 24.6 Å². The molecule has 0 spiro atoms. The van der Waals surface area contributed by atoms with Crippen molar-refractivity contribution in [1.29, 1.82) is 5.26 Å². The van der Waals surface area contributed by atoms with Crippen LogP contribution in [0.25, 0.3) is 11.0 Å². The van der Waals surface area contributed by atoms with Crippen LogP contribution in [0, 0.1) is 11.3 Å². The molecular weight excluding hydrogens is 328 g/mol. The van der Waals surface area contributed by atoms with E-state index in [1.807, 2.05) is 13.0 Å². The number of nitrogens with zero attached hydrogens (tertiary/aromatic N) is 3. The second-order valence-corrected chi connectivity index (χ2v) is 5.54. The highest BCUT2D eigenvalue weighted by Gasteiger charge is 2.32. The lowest BCUT2D eigenvalue weighted by molar-refractivity contribution is 0.0701. The maximum Gasteiger partial charge on any atom is 0.320 e. The molecule has 3 rings (SSSR count). The molecule has 2 aromatic heterocycles. The molecule has 1 aromatic carbocycles. The van der Waals surface area contributed by atoms with E-state index in [2.05, 4.69) is 4.98 Å². The number of aryl methyl sites for hydroxylation is 1. The molecule has 5 nitrogen and oxygen atoms in total. The predicted molar refractivity (Wildman–Crippen MR) is 86.4 cm³/mol. The standard InChI is InChI=1S/C18H15F2N3O2/c1-2-5-15-11(8-9-25-15)16(24)12(10-21)17-22-13-6-3-4-7-14(13)23(17)18(19)20/h3-4,6-9,12,18H,2,5H2,1H3. The Labute approximate surface area is 142 Å². The summed E-state index contributed by atoms with van der Waals surface area (Å²) in [5.41, 5.74) is 0.731. The number of ketones is 1. The SMILES string of the molecule is CCCc1occc1C(=O)C(C#N)c1nc2ccccc2n1C(F)F. The van der Waals surface area contributed by atoms with Crippen molar-refractivity contribution in [2.24, 2.45) is 0 Å². The van der Waals surface area contributed by atoms with Crippen molar-refractivity contribution in [3.05, 3.63) is 53.7 Å². The highest BCUT2D eigenvalue weighted by Crippen LogP contribution is 2.30. The van der Waals surface area contributed by atoms with E-state index in [-0.39, 0.29) is 16.9 Å². The monoisotopic (exact) mass is 343 g/mol. The van der Waals surface area contributed by atoms with Crippen molar-refractivity contribution >= 4 is 16.8 Å². The van der Waals surface area contributed by atoms with Gasteiger partial charge in [-0.2, -0.15) is 14.0 Å². The Bertz CT molecular complexity index is 953. The summed E-state index contributed by atoms with van der Waals surface area (Å²) in [6.45, 7) is -0.986. The molecule has 128 valence electrons. The Hall–Kier alpha value is -3.01. The van der Waals surface area contributed by atoms with Crippen molar-refractivity contribution in [3.63, 3.8) is 0 Å². The van der Waals surface area contributed by atoms with E-state index in [9.17, 15) is 18.8 Å². The summed E-state index contributed by atoms with van der Waals surface area (Å²) in [6.07, 6.45) is 2.64. The molecule has 0 amide bonds. The second-order valence-electron chi connectivity index (χ2n) is 5.54. The fourth-order valence-corrected chi connectivity index (χ4v) is 2.84. The van der Waals surface area contributed by atoms with Crippen LogP contribution >= 0.6 is 0 Å². The molecule has 3 aromatic rings. The average molecular weight is 343 g/mol. The van der Waals surface area contributed by atoms with Gasteiger partial charge in [0, 0.05) is 6.42 Å². The van der Waals surface area contributed by atoms with Crippen molar-refractivity contribution in [1.82, 2.24) is 9.55 Å². The highest BCUT2D eigenvalue weighted by atomic mass is 19.3. The summed E-state index contributed by atoms with van der Waals surface area (Å²) in [7, 11) is 0. The van der Waals surface area contributed by atoms with Gasteiger partial charge in [0.25, 0.3) is 0 Å². The molecule has 0 fully saturated rings. The topological polar surface area (TPSA) is 71.8 Å². The van der Waals surface area contributed by atoms with Crippen molar-refractivity contribution in [3.8, 4) is 6.07 Å². The Balaban J connectivity index is 2.11. The summed E-state index contributed by atoms with van der Waals surface area (Å²) in [6, 6.07) is 9.60. The second kappa shape index (κ2) is 6.85. The van der Waals surface area contributed by atoms with Crippen molar-refractivity contribution in [2.75, 3.05) is 0 Å². The van der Waals surface area contributed by atoms with Crippen LogP contribution in [0.15, 0.2) is 41.0 Å². The van der Waals surface area contributed by atoms with Crippen LogP contribution < -0.4 is 0 Å². The maximum atomic E-state index is 13.6. The lowest BCUT2D eigenvalue weighted by Gasteiger charge is -2.11. The van der Waals surface area contributed by atoms with Crippen LogP contribution in [0.2, 0.25) is 0 Å². The summed E-state index contributed by atoms with van der Waals surface area (Å²) >= 11 is 0. The van der Waals surface area contributed by atoms with Crippen molar-refractivity contribution < 1.29 is 18.0 Å². The third-order valence-corrected chi connectivity index (χ3v) is 3.96. The smallest absolute Gasteiger partial charge is 0.320 e. The number of halogens is 2. The van der Waals surface area contributed by atoms with Gasteiger partial charge in [-0.3, -0.25) is 9.36 Å². The van der Waals surface area contributed by atoms with Gasteiger partial charge in [-0.15, -0.1) is 0 Å². The van der Waals surface area contributed by atoms with Gasteiger partial charge in [0.1, 0.15) is 11.6 Å². The minimum atomic E-state index is -2.91. The summed E-state index contributed by atoms with van der Waals surface area (Å²) in [5, 5.41) is 9.50. The molecule has 0 radical (unpaired) electrons. The summed E-state index contributed by atoms with van der Waals surface area (Å²) < 4.78 is 33.1. The number of aromatic nitrogens is 2. The number of furan rings is 1. The lowest BCUT2D eigenvalue weighted by atomic mass is 9.97. The van der Waals surface area contributed by atoms with Gasteiger partial charge >= 0.3 is 6.55 Å². The Kier molecular flexibility index (Phi) is 4.61. The molecule has 0 aliphatic carbocycles. The van der Waals surface area contributed by atoms with Crippen LogP contribution in [-0.4, -0.2) is 15.3 Å². The largest absolute Gasteiger partial charge is 0.469 e. The van der Waals surface area contributed by atoms with E-state index < -0.39 is 18.3 Å². The van der Waals surface area contributed by atoms with Gasteiger partial charge in [-0.25, -0.2) is 4.98 Å². The number of nitriles is 1. The van der Waals surface area contributed by atoms with Crippen LogP contribution in [0.4, 0.5) is 8.78 Å². The third kappa shape index (κ3) is 2.91. The number of hydrogen-bond acceptors (Lipinski definition) is 4. The number of Topliss-reactive ketones (excluding diaryl/α,β-unsaturated/α-hetero) is 1. The number of carbonyl (C=O) groups is 1. The molecule has 2 heterocycles. The van der Waals surface area contributed by atoms with E-state index in [1.165, 1.54) is 18.4 Å². The van der Waals surface area contributed by atoms with Crippen molar-refractivity contribution in [2.45, 2.75) is 32.2 Å². The van der Waals surface area contributed by atoms with E-state index in [4.69, 9.17) is 4.42 Å². The highest BCUT2D eigenvalue weighted by molar-refractivity contribution is 6.03. The van der Waals surface area contributed by atoms with Crippen LogP contribution in [-0.2, 0) is 6.42 Å². The molecule has 7 heteroatoms. The zero-order valence-electron chi connectivity index (χ0n) is 13.4. The number of imidazole rings is 1. The number of para-hydroxylation sites is 2. The first-order valence-electron chi connectivity index (χ1n) is 7.83. The first-order chi connectivity index (χ1) is 12.1. The van der Waals surface area contributed by atoms with Crippen LogP contribution in [0.1, 0.15) is 47.8 Å². The fourth-order valence-electron chi connectivity index (χ4n) is 2.84. The fraction of sp³-hybridized carbons (Fsp3) is 0.278. The van der Waals surface area contributed by atoms with Gasteiger partial charge in [0.05, 0.1) is 28.9 Å². The normalized spacial score (nSPS) is 12.4. The van der Waals surface area contributed by atoms with Gasteiger partial charge in [0.2, 0.25) is 0 Å². The molecule has 25 heavy (non-hydrogen) atoms. The molecule has 1 unspecified atom stereocenters. The minimum Gasteiger partial charge on any atom is -0.469 e. The number of benzene rings is 1. The third-order valence-electron chi connectivity index (χ3n) is 3.96. The number of fused-ring (bicyclic) bond motifs is 1. The predicted octanol–water partition coefficient (Wildman–Crippen LogP) is 4.47. The Morgan fingerprint density at radius 3 is 2.80 bits per heavy atom. The average Bonchev–Trinajstić information content (AvgIpc) is 3.20. The molecule has 0 N–H and O–H groups in total. The molecule has 0 aliphatic rings. The Morgan fingerprint density at radius 1 is 1.36 bits per heavy atom. The molecule has 0 aliphatic heterocycles. The number of alkyl halides is 2. The van der Waals surface area contributed by atoms with E-state index >= 15 is 0 Å². The molecule has 1 atom stereocenters. The maximum absolute atomic E-state index is 13.6. The summed E-state index contributed by atoms with van der Waals surface area (Å²) in [5.74, 6) is -1.83. The van der Waals surface area contributed by atoms with Crippen LogP contribution in [0.5, 0.6) is 0 Å². The molecule has 0 bridgehead atoms. The number of hydrogen-bond donors (Lipinski definition) is 0. The lowest BCUT2D eigenvalue weighted by Crippen LogP contribution is -2.18. The molecular formula is C18H15F2N3O2. The Morgan fingerprint density at radius 2 is 2.12 bits per heavy atom. The van der Waals surface area contributed by atoms with Gasteiger partial charge in [-0.1, -0.05) is 19.1 Å². The summed E-state index contributed by atoms with van der Waals surface area (Å²) in [4.78, 5) is 16.9. The minimum absolute atomic E-state index is 0.182. The first kappa shape index (κ1) is 16.8. The van der Waals surface area contributed by atoms with Crippen LogP contribution in [0.3, 0.4) is 0 Å². The number of carbonyl (C=O) groups excluding carboxylic acids is 1. The quantitative estimate of drug-likeness (QED) is 0.619. The zero-order valence-corrected chi connectivity index (χ0v) is 13.4. The van der Waals surface area contributed by atoms with Gasteiger partial charge in [0.15, 0.2) is 11.7 Å². The zero-order chi connectivity index (χ0) is 18.0. The number of rotatable bonds is 6.